The number of hydrogen-bond acceptors (Lipinski definition) is 3. The SMILES string of the molecule is O=S(NC1CCCCC1)C1=NCCS1. The van der Waals surface area contributed by atoms with E-state index in [1.807, 2.05) is 0 Å². The Hall–Kier alpha value is 0.130. The van der Waals surface area contributed by atoms with Gasteiger partial charge >= 0.3 is 0 Å². The third-order valence-corrected chi connectivity index (χ3v) is 5.16. The van der Waals surface area contributed by atoms with Gasteiger partial charge in [-0.2, -0.15) is 0 Å². The number of nitrogens with one attached hydrogen (secondary N) is 1. The van der Waals surface area contributed by atoms with Crippen LogP contribution in [0.25, 0.3) is 0 Å². The van der Waals surface area contributed by atoms with Gasteiger partial charge < -0.3 is 0 Å². The minimum absolute atomic E-state index is 0.452. The highest BCUT2D eigenvalue weighted by Crippen LogP contribution is 2.19. The molecule has 0 aromatic carbocycles. The van der Waals surface area contributed by atoms with E-state index >= 15 is 0 Å². The zero-order chi connectivity index (χ0) is 9.80. The van der Waals surface area contributed by atoms with Gasteiger partial charge in [0.25, 0.3) is 0 Å². The minimum atomic E-state index is -1.03. The van der Waals surface area contributed by atoms with Gasteiger partial charge in [-0.15, -0.1) is 0 Å². The van der Waals surface area contributed by atoms with Crippen molar-refractivity contribution in [3.8, 4) is 0 Å². The summed E-state index contributed by atoms with van der Waals surface area (Å²) in [6.07, 6.45) is 6.22. The van der Waals surface area contributed by atoms with E-state index < -0.39 is 11.0 Å². The van der Waals surface area contributed by atoms with Crippen LogP contribution in [0.15, 0.2) is 4.99 Å². The first-order valence-electron chi connectivity index (χ1n) is 5.21. The molecule has 1 aliphatic carbocycles. The van der Waals surface area contributed by atoms with Crippen molar-refractivity contribution >= 4 is 27.1 Å². The van der Waals surface area contributed by atoms with Crippen LogP contribution in [-0.4, -0.2) is 26.9 Å². The molecule has 80 valence electrons. The van der Waals surface area contributed by atoms with Gasteiger partial charge in [0.2, 0.25) is 0 Å². The first kappa shape index (κ1) is 10.6. The van der Waals surface area contributed by atoms with Gasteiger partial charge in [-0.05, 0) is 12.8 Å². The van der Waals surface area contributed by atoms with Crippen LogP contribution in [-0.2, 0) is 11.0 Å². The fourth-order valence-corrected chi connectivity index (χ4v) is 4.06. The molecular weight excluding hydrogens is 216 g/mol. The molecule has 1 atom stereocenters. The summed E-state index contributed by atoms with van der Waals surface area (Å²) in [4.78, 5) is 4.22. The second-order valence-corrected chi connectivity index (χ2v) is 6.22. The standard InChI is InChI=1S/C9H16N2OS2/c12-14(9-10-6-7-13-9)11-8-4-2-1-3-5-8/h8,11H,1-7H2. The second-order valence-electron chi connectivity index (χ2n) is 3.72. The Morgan fingerprint density at radius 3 is 2.79 bits per heavy atom. The number of thioether (sulfide) groups is 1. The van der Waals surface area contributed by atoms with Crippen molar-refractivity contribution in [3.05, 3.63) is 0 Å². The molecule has 1 heterocycles. The maximum Gasteiger partial charge on any atom is 0.171 e. The fraction of sp³-hybridized carbons (Fsp3) is 0.889. The number of aliphatic imine (C=N–C) groups is 1. The molecule has 0 aromatic heterocycles. The van der Waals surface area contributed by atoms with Crippen molar-refractivity contribution < 1.29 is 4.21 Å². The maximum absolute atomic E-state index is 11.8. The molecule has 3 nitrogen and oxygen atoms in total. The van der Waals surface area contributed by atoms with Crippen LogP contribution < -0.4 is 4.72 Å². The van der Waals surface area contributed by atoms with Crippen molar-refractivity contribution in [2.75, 3.05) is 12.3 Å². The summed E-state index contributed by atoms with van der Waals surface area (Å²) >= 11 is 1.63. The molecule has 1 saturated carbocycles. The lowest BCUT2D eigenvalue weighted by molar-refractivity contribution is 0.420. The third-order valence-electron chi connectivity index (χ3n) is 2.60. The molecule has 0 amide bonds. The predicted molar refractivity (Wildman–Crippen MR) is 62.9 cm³/mol. The number of hydrogen-bond donors (Lipinski definition) is 1. The molecule has 0 bridgehead atoms. The average molecular weight is 232 g/mol. The highest BCUT2D eigenvalue weighted by molar-refractivity contribution is 8.32. The Kier molecular flexibility index (Phi) is 4.01. The van der Waals surface area contributed by atoms with Gasteiger partial charge in [-0.3, -0.25) is 4.99 Å². The van der Waals surface area contributed by atoms with Crippen molar-refractivity contribution in [3.63, 3.8) is 0 Å². The number of nitrogens with zero attached hydrogens (tertiary/aromatic N) is 1. The van der Waals surface area contributed by atoms with Crippen molar-refractivity contribution in [2.24, 2.45) is 4.99 Å². The van der Waals surface area contributed by atoms with Crippen molar-refractivity contribution in [1.29, 1.82) is 0 Å². The van der Waals surface area contributed by atoms with E-state index in [9.17, 15) is 4.21 Å². The molecule has 0 saturated heterocycles. The van der Waals surface area contributed by atoms with Gasteiger partial charge in [0.05, 0.1) is 6.54 Å². The number of rotatable bonds is 2. The van der Waals surface area contributed by atoms with E-state index in [-0.39, 0.29) is 0 Å². The van der Waals surface area contributed by atoms with E-state index in [1.165, 1.54) is 32.1 Å². The zero-order valence-corrected chi connectivity index (χ0v) is 9.83. The molecular formula is C9H16N2OS2. The van der Waals surface area contributed by atoms with E-state index in [1.54, 1.807) is 11.8 Å². The molecule has 5 heteroatoms. The molecule has 0 aromatic rings. The summed E-state index contributed by atoms with van der Waals surface area (Å²) in [5.74, 6) is 0.993. The van der Waals surface area contributed by atoms with Crippen molar-refractivity contribution in [2.45, 2.75) is 38.1 Å². The molecule has 1 fully saturated rings. The largest absolute Gasteiger partial charge is 0.268 e. The molecule has 2 aliphatic rings. The first-order chi connectivity index (χ1) is 6.86. The highest BCUT2D eigenvalue weighted by Gasteiger charge is 2.20. The fourth-order valence-electron chi connectivity index (χ4n) is 1.85. The predicted octanol–water partition coefficient (Wildman–Crippen LogP) is 1.68. The Bertz CT molecular complexity index is 249. The highest BCUT2D eigenvalue weighted by atomic mass is 32.2. The Balaban J connectivity index is 1.81. The summed E-state index contributed by atoms with van der Waals surface area (Å²) in [5, 5.41) is 0. The van der Waals surface area contributed by atoms with Gasteiger partial charge in [-0.25, -0.2) is 8.93 Å². The van der Waals surface area contributed by atoms with Crippen LogP contribution in [0.2, 0.25) is 0 Å². The summed E-state index contributed by atoms with van der Waals surface area (Å²) in [6.45, 7) is 0.831. The molecule has 1 N–H and O–H groups in total. The minimum Gasteiger partial charge on any atom is -0.268 e. The topological polar surface area (TPSA) is 41.5 Å². The summed E-state index contributed by atoms with van der Waals surface area (Å²) in [7, 11) is -1.03. The molecule has 14 heavy (non-hydrogen) atoms. The van der Waals surface area contributed by atoms with E-state index in [2.05, 4.69) is 9.71 Å². The molecule has 0 radical (unpaired) electrons. The lowest BCUT2D eigenvalue weighted by Crippen LogP contribution is -2.34. The molecule has 1 aliphatic heterocycles. The van der Waals surface area contributed by atoms with Gasteiger partial charge in [0.1, 0.15) is 0 Å². The lowest BCUT2D eigenvalue weighted by Gasteiger charge is -2.21. The third kappa shape index (κ3) is 2.81. The lowest BCUT2D eigenvalue weighted by atomic mass is 9.96. The van der Waals surface area contributed by atoms with E-state index in [0.29, 0.717) is 6.04 Å². The van der Waals surface area contributed by atoms with Gasteiger partial charge in [0, 0.05) is 11.8 Å². The summed E-state index contributed by atoms with van der Waals surface area (Å²) in [6, 6.07) is 0.452. The Morgan fingerprint density at radius 2 is 2.14 bits per heavy atom. The zero-order valence-electron chi connectivity index (χ0n) is 8.20. The van der Waals surface area contributed by atoms with Crippen LogP contribution in [0.4, 0.5) is 0 Å². The van der Waals surface area contributed by atoms with Gasteiger partial charge in [-0.1, -0.05) is 31.0 Å². The maximum atomic E-state index is 11.8. The average Bonchev–Trinajstić information content (AvgIpc) is 2.72. The summed E-state index contributed by atoms with van der Waals surface area (Å²) in [5.41, 5.74) is 0. The smallest absolute Gasteiger partial charge is 0.171 e. The molecule has 0 spiro atoms. The molecule has 2 rings (SSSR count). The Labute approximate surface area is 91.7 Å². The normalized spacial score (nSPS) is 26.1. The first-order valence-corrected chi connectivity index (χ1v) is 7.35. The van der Waals surface area contributed by atoms with E-state index in [4.69, 9.17) is 0 Å². The van der Waals surface area contributed by atoms with Crippen LogP contribution in [0.3, 0.4) is 0 Å². The van der Waals surface area contributed by atoms with Crippen LogP contribution in [0.5, 0.6) is 0 Å². The van der Waals surface area contributed by atoms with E-state index in [0.717, 1.165) is 16.7 Å². The monoisotopic (exact) mass is 232 g/mol. The van der Waals surface area contributed by atoms with Crippen molar-refractivity contribution in [1.82, 2.24) is 4.72 Å². The van der Waals surface area contributed by atoms with Gasteiger partial charge in [0.15, 0.2) is 15.4 Å². The Morgan fingerprint density at radius 1 is 1.36 bits per heavy atom. The van der Waals surface area contributed by atoms with Crippen LogP contribution >= 0.6 is 11.8 Å². The van der Waals surface area contributed by atoms with Crippen LogP contribution in [0, 0.1) is 0 Å². The molecule has 1 unspecified atom stereocenters. The summed E-state index contributed by atoms with van der Waals surface area (Å²) < 4.78 is 15.7. The quantitative estimate of drug-likeness (QED) is 0.787. The van der Waals surface area contributed by atoms with Crippen LogP contribution in [0.1, 0.15) is 32.1 Å². The second kappa shape index (κ2) is 5.28.